The fourth-order valence-corrected chi connectivity index (χ4v) is 3.03. The molecule has 0 unspecified atom stereocenters. The van der Waals surface area contributed by atoms with E-state index < -0.39 is 0 Å². The lowest BCUT2D eigenvalue weighted by Gasteiger charge is -2.34. The van der Waals surface area contributed by atoms with E-state index in [0.717, 1.165) is 50.5 Å². The molecule has 26 heavy (non-hydrogen) atoms. The number of likely N-dealkylation sites (N-methyl/N-ethyl adjacent to an activating group) is 2. The Labute approximate surface area is 154 Å². The molecule has 3 rings (SSSR count). The summed E-state index contributed by atoms with van der Waals surface area (Å²) in [6.45, 7) is 7.86. The van der Waals surface area contributed by atoms with Crippen LogP contribution in [-0.4, -0.2) is 77.0 Å². The minimum absolute atomic E-state index is 0.103. The van der Waals surface area contributed by atoms with Crippen LogP contribution in [0.15, 0.2) is 36.9 Å². The van der Waals surface area contributed by atoms with Crippen molar-refractivity contribution in [2.75, 3.05) is 51.2 Å². The molecule has 2 aromatic heterocycles. The lowest BCUT2D eigenvalue weighted by molar-refractivity contribution is 0.0790. The zero-order chi connectivity index (χ0) is 18.4. The zero-order valence-corrected chi connectivity index (χ0v) is 15.5. The van der Waals surface area contributed by atoms with Crippen molar-refractivity contribution in [3.63, 3.8) is 0 Å². The van der Waals surface area contributed by atoms with E-state index in [-0.39, 0.29) is 5.91 Å². The summed E-state index contributed by atoms with van der Waals surface area (Å²) < 4.78 is 0. The van der Waals surface area contributed by atoms with Crippen LogP contribution in [0.3, 0.4) is 0 Å². The number of pyridine rings is 1. The van der Waals surface area contributed by atoms with Crippen LogP contribution in [0.4, 0.5) is 5.82 Å². The summed E-state index contributed by atoms with van der Waals surface area (Å²) in [5.74, 6) is 0.741. The molecular weight excluding hydrogens is 328 g/mol. The van der Waals surface area contributed by atoms with Crippen molar-refractivity contribution in [1.82, 2.24) is 24.8 Å². The lowest BCUT2D eigenvalue weighted by Crippen LogP contribution is -2.46. The summed E-state index contributed by atoms with van der Waals surface area (Å²) in [4.78, 5) is 31.7. The first kappa shape index (κ1) is 18.3. The fourth-order valence-electron chi connectivity index (χ4n) is 3.03. The van der Waals surface area contributed by atoms with Gasteiger partial charge in [0.2, 0.25) is 0 Å². The molecule has 0 spiro atoms. The van der Waals surface area contributed by atoms with Crippen LogP contribution in [0.1, 0.15) is 23.0 Å². The Morgan fingerprint density at radius 2 is 1.85 bits per heavy atom. The molecule has 0 aliphatic carbocycles. The topological polar surface area (TPSA) is 65.5 Å². The highest BCUT2D eigenvalue weighted by molar-refractivity contribution is 5.91. The van der Waals surface area contributed by atoms with Gasteiger partial charge in [-0.3, -0.25) is 9.78 Å². The van der Waals surface area contributed by atoms with Crippen LogP contribution in [0.25, 0.3) is 0 Å². The number of carbonyl (C=O) groups excluding carboxylic acids is 1. The van der Waals surface area contributed by atoms with Crippen LogP contribution in [0.2, 0.25) is 0 Å². The molecule has 1 fully saturated rings. The molecule has 0 N–H and O–H groups in total. The van der Waals surface area contributed by atoms with Gasteiger partial charge in [0.25, 0.3) is 5.91 Å². The van der Waals surface area contributed by atoms with Crippen LogP contribution in [0.5, 0.6) is 0 Å². The van der Waals surface area contributed by atoms with Crippen LogP contribution in [0, 0.1) is 0 Å². The number of nitrogens with zero attached hydrogens (tertiary/aromatic N) is 6. The van der Waals surface area contributed by atoms with Gasteiger partial charge in [-0.05, 0) is 30.7 Å². The standard InChI is InChI=1S/C19H26N6O/c1-3-24-10-12-25(13-11-24)18-15-21-17(14-22-18)19(26)23(2)9-6-16-4-7-20-8-5-16/h4-5,7-8,14-15H,3,6,9-13H2,1-2H3. The number of carbonyl (C=O) groups is 1. The molecule has 0 saturated carbocycles. The van der Waals surface area contributed by atoms with Crippen molar-refractivity contribution < 1.29 is 4.79 Å². The predicted octanol–water partition coefficient (Wildman–Crippen LogP) is 1.33. The van der Waals surface area contributed by atoms with E-state index in [1.54, 1.807) is 36.7 Å². The second kappa shape index (κ2) is 8.71. The Balaban J connectivity index is 1.55. The normalized spacial score (nSPS) is 15.1. The molecule has 2 aromatic rings. The van der Waals surface area contributed by atoms with Gasteiger partial charge in [0, 0.05) is 52.2 Å². The predicted molar refractivity (Wildman–Crippen MR) is 101 cm³/mol. The highest BCUT2D eigenvalue weighted by Crippen LogP contribution is 2.13. The van der Waals surface area contributed by atoms with Gasteiger partial charge >= 0.3 is 0 Å². The first-order valence-electron chi connectivity index (χ1n) is 9.11. The van der Waals surface area contributed by atoms with Crippen molar-refractivity contribution in [3.05, 3.63) is 48.2 Å². The molecular formula is C19H26N6O. The van der Waals surface area contributed by atoms with Crippen LogP contribution in [-0.2, 0) is 6.42 Å². The van der Waals surface area contributed by atoms with E-state index in [2.05, 4.69) is 31.7 Å². The first-order valence-corrected chi connectivity index (χ1v) is 9.11. The van der Waals surface area contributed by atoms with Crippen molar-refractivity contribution in [3.8, 4) is 0 Å². The highest BCUT2D eigenvalue weighted by Gasteiger charge is 2.18. The molecule has 1 saturated heterocycles. The minimum Gasteiger partial charge on any atom is -0.353 e. The third-order valence-corrected chi connectivity index (χ3v) is 4.83. The van der Waals surface area contributed by atoms with Gasteiger partial charge in [0.05, 0.1) is 12.4 Å². The van der Waals surface area contributed by atoms with Gasteiger partial charge < -0.3 is 14.7 Å². The molecule has 0 bridgehead atoms. The summed E-state index contributed by atoms with van der Waals surface area (Å²) in [5.41, 5.74) is 1.55. The molecule has 3 heterocycles. The smallest absolute Gasteiger partial charge is 0.273 e. The zero-order valence-electron chi connectivity index (χ0n) is 15.5. The largest absolute Gasteiger partial charge is 0.353 e. The number of rotatable bonds is 6. The van der Waals surface area contributed by atoms with E-state index in [1.807, 2.05) is 12.1 Å². The van der Waals surface area contributed by atoms with Crippen LogP contribution >= 0.6 is 0 Å². The Bertz CT molecular complexity index is 698. The number of hydrogen-bond donors (Lipinski definition) is 0. The summed E-state index contributed by atoms with van der Waals surface area (Å²) in [5, 5.41) is 0. The monoisotopic (exact) mass is 354 g/mol. The average molecular weight is 354 g/mol. The molecule has 1 aliphatic rings. The molecule has 7 nitrogen and oxygen atoms in total. The SMILES string of the molecule is CCN1CCN(c2cnc(C(=O)N(C)CCc3ccncc3)cn2)CC1. The fraction of sp³-hybridized carbons (Fsp3) is 0.474. The number of anilines is 1. The van der Waals surface area contributed by atoms with Gasteiger partial charge in [-0.1, -0.05) is 6.92 Å². The molecule has 1 amide bonds. The number of amides is 1. The Kier molecular flexibility index (Phi) is 6.12. The molecule has 1 aliphatic heterocycles. The van der Waals surface area contributed by atoms with Gasteiger partial charge in [-0.2, -0.15) is 0 Å². The summed E-state index contributed by atoms with van der Waals surface area (Å²) in [6.07, 6.45) is 7.62. The average Bonchev–Trinajstić information content (AvgIpc) is 2.72. The number of hydrogen-bond acceptors (Lipinski definition) is 6. The van der Waals surface area contributed by atoms with E-state index in [1.165, 1.54) is 0 Å². The number of aromatic nitrogens is 3. The molecule has 0 radical (unpaired) electrons. The van der Waals surface area contributed by atoms with Gasteiger partial charge in [0.15, 0.2) is 0 Å². The minimum atomic E-state index is -0.103. The third kappa shape index (κ3) is 4.54. The second-order valence-electron chi connectivity index (χ2n) is 6.51. The maximum absolute atomic E-state index is 12.5. The Hall–Kier alpha value is -2.54. The van der Waals surface area contributed by atoms with Crippen molar-refractivity contribution in [2.45, 2.75) is 13.3 Å². The Morgan fingerprint density at radius 1 is 1.12 bits per heavy atom. The van der Waals surface area contributed by atoms with Gasteiger partial charge in [0.1, 0.15) is 11.5 Å². The van der Waals surface area contributed by atoms with E-state index >= 15 is 0 Å². The molecule has 0 aromatic carbocycles. The first-order chi connectivity index (χ1) is 12.7. The summed E-state index contributed by atoms with van der Waals surface area (Å²) in [7, 11) is 1.79. The van der Waals surface area contributed by atoms with E-state index in [4.69, 9.17) is 0 Å². The second-order valence-corrected chi connectivity index (χ2v) is 6.51. The van der Waals surface area contributed by atoms with E-state index in [0.29, 0.717) is 12.2 Å². The molecule has 0 atom stereocenters. The molecule has 138 valence electrons. The maximum Gasteiger partial charge on any atom is 0.273 e. The van der Waals surface area contributed by atoms with Gasteiger partial charge in [-0.15, -0.1) is 0 Å². The van der Waals surface area contributed by atoms with Crippen molar-refractivity contribution >= 4 is 11.7 Å². The molecule has 7 heteroatoms. The van der Waals surface area contributed by atoms with E-state index in [9.17, 15) is 4.79 Å². The maximum atomic E-state index is 12.5. The van der Waals surface area contributed by atoms with Crippen LogP contribution < -0.4 is 4.90 Å². The number of piperazine rings is 1. The highest BCUT2D eigenvalue weighted by atomic mass is 16.2. The third-order valence-electron chi connectivity index (χ3n) is 4.83. The Morgan fingerprint density at radius 3 is 2.46 bits per heavy atom. The van der Waals surface area contributed by atoms with Crippen molar-refractivity contribution in [2.24, 2.45) is 0 Å². The van der Waals surface area contributed by atoms with Crippen molar-refractivity contribution in [1.29, 1.82) is 0 Å². The summed E-state index contributed by atoms with van der Waals surface area (Å²) >= 11 is 0. The quantitative estimate of drug-likeness (QED) is 0.780. The van der Waals surface area contributed by atoms with Gasteiger partial charge in [-0.25, -0.2) is 9.97 Å². The summed E-state index contributed by atoms with van der Waals surface area (Å²) in [6, 6.07) is 3.93. The lowest BCUT2D eigenvalue weighted by atomic mass is 10.2.